The summed E-state index contributed by atoms with van der Waals surface area (Å²) in [4.78, 5) is 4.38. The van der Waals surface area contributed by atoms with Crippen LogP contribution in [-0.4, -0.2) is 11.5 Å². The van der Waals surface area contributed by atoms with Gasteiger partial charge in [0.2, 0.25) is 0 Å². The van der Waals surface area contributed by atoms with Crippen molar-refractivity contribution in [2.45, 2.75) is 19.3 Å². The second-order valence-corrected chi connectivity index (χ2v) is 4.82. The maximum absolute atomic E-state index is 5.68. The van der Waals surface area contributed by atoms with Crippen LogP contribution in [-0.2, 0) is 6.42 Å². The SMILES string of the molecule is NCC1CCC1Cc1ncccc1Br. The highest BCUT2D eigenvalue weighted by Crippen LogP contribution is 2.36. The zero-order chi connectivity index (χ0) is 9.97. The van der Waals surface area contributed by atoms with Crippen LogP contribution in [0.4, 0.5) is 0 Å². The molecule has 1 heterocycles. The lowest BCUT2D eigenvalue weighted by molar-refractivity contribution is 0.181. The summed E-state index contributed by atoms with van der Waals surface area (Å²) in [6, 6.07) is 4.01. The second kappa shape index (κ2) is 4.41. The zero-order valence-electron chi connectivity index (χ0n) is 8.12. The Labute approximate surface area is 93.0 Å². The highest BCUT2D eigenvalue weighted by atomic mass is 79.9. The van der Waals surface area contributed by atoms with E-state index in [0.29, 0.717) is 0 Å². The summed E-state index contributed by atoms with van der Waals surface area (Å²) in [6.07, 6.45) is 5.54. The third-order valence-corrected chi connectivity index (χ3v) is 3.89. The molecule has 1 aromatic heterocycles. The fraction of sp³-hybridized carbons (Fsp3) is 0.545. The van der Waals surface area contributed by atoms with E-state index in [1.807, 2.05) is 12.3 Å². The summed E-state index contributed by atoms with van der Waals surface area (Å²) >= 11 is 3.53. The number of rotatable bonds is 3. The number of hydrogen-bond donors (Lipinski definition) is 1. The molecule has 1 saturated carbocycles. The molecule has 0 spiro atoms. The standard InChI is InChI=1S/C11H15BrN2/c12-10-2-1-5-14-11(10)6-8-3-4-9(8)7-13/h1-2,5,8-9H,3-4,6-7,13H2. The Morgan fingerprint density at radius 3 is 2.79 bits per heavy atom. The van der Waals surface area contributed by atoms with Gasteiger partial charge in [-0.2, -0.15) is 0 Å². The molecule has 2 N–H and O–H groups in total. The summed E-state index contributed by atoms with van der Waals surface area (Å²) in [5.74, 6) is 1.48. The van der Waals surface area contributed by atoms with Gasteiger partial charge < -0.3 is 5.73 Å². The van der Waals surface area contributed by atoms with Crippen molar-refractivity contribution in [1.82, 2.24) is 4.98 Å². The van der Waals surface area contributed by atoms with E-state index < -0.39 is 0 Å². The van der Waals surface area contributed by atoms with Crippen molar-refractivity contribution >= 4 is 15.9 Å². The molecule has 0 aliphatic heterocycles. The smallest absolute Gasteiger partial charge is 0.0548 e. The van der Waals surface area contributed by atoms with Crippen molar-refractivity contribution in [2.75, 3.05) is 6.54 Å². The van der Waals surface area contributed by atoms with Gasteiger partial charge in [0.15, 0.2) is 0 Å². The van der Waals surface area contributed by atoms with E-state index in [-0.39, 0.29) is 0 Å². The van der Waals surface area contributed by atoms with Crippen LogP contribution in [0.1, 0.15) is 18.5 Å². The predicted molar refractivity (Wildman–Crippen MR) is 60.9 cm³/mol. The molecule has 2 nitrogen and oxygen atoms in total. The molecule has 0 aromatic carbocycles. The first-order chi connectivity index (χ1) is 6.81. The summed E-state index contributed by atoms with van der Waals surface area (Å²) < 4.78 is 1.13. The van der Waals surface area contributed by atoms with Crippen LogP contribution in [0, 0.1) is 11.8 Å². The van der Waals surface area contributed by atoms with Gasteiger partial charge in [-0.25, -0.2) is 0 Å². The van der Waals surface area contributed by atoms with Gasteiger partial charge in [0.05, 0.1) is 5.69 Å². The van der Waals surface area contributed by atoms with Crippen molar-refractivity contribution in [2.24, 2.45) is 17.6 Å². The number of nitrogens with zero attached hydrogens (tertiary/aromatic N) is 1. The van der Waals surface area contributed by atoms with Crippen molar-refractivity contribution in [3.63, 3.8) is 0 Å². The van der Waals surface area contributed by atoms with Gasteiger partial charge in [0.1, 0.15) is 0 Å². The molecule has 1 aromatic rings. The Morgan fingerprint density at radius 2 is 2.21 bits per heavy atom. The Kier molecular flexibility index (Phi) is 3.19. The molecule has 1 aliphatic rings. The van der Waals surface area contributed by atoms with Crippen LogP contribution in [0.5, 0.6) is 0 Å². The summed E-state index contributed by atoms with van der Waals surface area (Å²) in [5.41, 5.74) is 6.86. The molecule has 0 radical (unpaired) electrons. The lowest BCUT2D eigenvalue weighted by Gasteiger charge is -2.35. The molecule has 0 bridgehead atoms. The number of hydrogen-bond acceptors (Lipinski definition) is 2. The Hall–Kier alpha value is -0.410. The highest BCUT2D eigenvalue weighted by molar-refractivity contribution is 9.10. The summed E-state index contributed by atoms with van der Waals surface area (Å²) in [6.45, 7) is 0.828. The molecule has 0 amide bonds. The van der Waals surface area contributed by atoms with Crippen LogP contribution in [0.25, 0.3) is 0 Å². The van der Waals surface area contributed by atoms with Crippen LogP contribution in [0.15, 0.2) is 22.8 Å². The average molecular weight is 255 g/mol. The van der Waals surface area contributed by atoms with E-state index >= 15 is 0 Å². The van der Waals surface area contributed by atoms with Crippen molar-refractivity contribution in [3.05, 3.63) is 28.5 Å². The van der Waals surface area contributed by atoms with E-state index in [2.05, 4.69) is 27.0 Å². The number of aromatic nitrogens is 1. The largest absolute Gasteiger partial charge is 0.330 e. The maximum Gasteiger partial charge on any atom is 0.0548 e. The molecule has 14 heavy (non-hydrogen) atoms. The Bertz CT molecular complexity index is 312. The normalized spacial score (nSPS) is 25.9. The van der Waals surface area contributed by atoms with Crippen LogP contribution in [0.3, 0.4) is 0 Å². The fourth-order valence-electron chi connectivity index (χ4n) is 2.03. The molecular weight excluding hydrogens is 240 g/mol. The van der Waals surface area contributed by atoms with Crippen LogP contribution in [0.2, 0.25) is 0 Å². The monoisotopic (exact) mass is 254 g/mol. The molecule has 1 fully saturated rings. The first-order valence-electron chi connectivity index (χ1n) is 5.10. The first-order valence-corrected chi connectivity index (χ1v) is 5.90. The minimum atomic E-state index is 0.726. The van der Waals surface area contributed by atoms with E-state index in [1.54, 1.807) is 0 Å². The van der Waals surface area contributed by atoms with Gasteiger partial charge in [-0.3, -0.25) is 4.98 Å². The number of halogens is 1. The Balaban J connectivity index is 2.01. The fourth-order valence-corrected chi connectivity index (χ4v) is 2.45. The van der Waals surface area contributed by atoms with Crippen molar-refractivity contribution < 1.29 is 0 Å². The molecule has 3 heteroatoms. The van der Waals surface area contributed by atoms with Gasteiger partial charge >= 0.3 is 0 Å². The lowest BCUT2D eigenvalue weighted by Crippen LogP contribution is -2.33. The quantitative estimate of drug-likeness (QED) is 0.900. The number of pyridine rings is 1. The van der Waals surface area contributed by atoms with E-state index in [0.717, 1.165) is 29.3 Å². The third-order valence-electron chi connectivity index (χ3n) is 3.17. The highest BCUT2D eigenvalue weighted by Gasteiger charge is 2.30. The average Bonchev–Trinajstić information content (AvgIpc) is 2.15. The molecule has 2 unspecified atom stereocenters. The molecule has 76 valence electrons. The second-order valence-electron chi connectivity index (χ2n) is 3.97. The molecule has 0 saturated heterocycles. The lowest BCUT2D eigenvalue weighted by atomic mass is 9.71. The van der Waals surface area contributed by atoms with Gasteiger partial charge in [-0.1, -0.05) is 0 Å². The predicted octanol–water partition coefficient (Wildman–Crippen LogP) is 2.37. The van der Waals surface area contributed by atoms with Crippen LogP contribution >= 0.6 is 15.9 Å². The zero-order valence-corrected chi connectivity index (χ0v) is 9.70. The van der Waals surface area contributed by atoms with E-state index in [4.69, 9.17) is 5.73 Å². The molecule has 2 rings (SSSR count). The van der Waals surface area contributed by atoms with Gasteiger partial charge in [-0.05, 0) is 65.7 Å². The Morgan fingerprint density at radius 1 is 1.43 bits per heavy atom. The first kappa shape index (κ1) is 10.1. The van der Waals surface area contributed by atoms with E-state index in [9.17, 15) is 0 Å². The van der Waals surface area contributed by atoms with Crippen molar-refractivity contribution in [3.8, 4) is 0 Å². The molecule has 2 atom stereocenters. The van der Waals surface area contributed by atoms with Crippen molar-refractivity contribution in [1.29, 1.82) is 0 Å². The third kappa shape index (κ3) is 1.98. The number of nitrogens with two attached hydrogens (primary N) is 1. The molecule has 1 aliphatic carbocycles. The minimum absolute atomic E-state index is 0.726. The van der Waals surface area contributed by atoms with Crippen LogP contribution < -0.4 is 5.73 Å². The topological polar surface area (TPSA) is 38.9 Å². The molecular formula is C11H15BrN2. The van der Waals surface area contributed by atoms with E-state index in [1.165, 1.54) is 18.5 Å². The summed E-state index contributed by atoms with van der Waals surface area (Å²) in [7, 11) is 0. The summed E-state index contributed by atoms with van der Waals surface area (Å²) in [5, 5.41) is 0. The van der Waals surface area contributed by atoms with Gasteiger partial charge in [0.25, 0.3) is 0 Å². The maximum atomic E-state index is 5.68. The van der Waals surface area contributed by atoms with Gasteiger partial charge in [-0.15, -0.1) is 0 Å². The van der Waals surface area contributed by atoms with Gasteiger partial charge in [0, 0.05) is 10.7 Å². The minimum Gasteiger partial charge on any atom is -0.330 e.